The number of aliphatic hydroxyl groups is 1. The Morgan fingerprint density at radius 3 is 2.85 bits per heavy atom. The molecule has 142 valence electrons. The highest BCUT2D eigenvalue weighted by atomic mass is 16.5. The number of carbonyl (C=O) groups is 2. The van der Waals surface area contributed by atoms with Gasteiger partial charge >= 0.3 is 0 Å². The fourth-order valence-electron chi connectivity index (χ4n) is 3.30. The van der Waals surface area contributed by atoms with Crippen LogP contribution in [-0.2, 0) is 20.9 Å². The Morgan fingerprint density at radius 2 is 2.15 bits per heavy atom. The summed E-state index contributed by atoms with van der Waals surface area (Å²) in [6.45, 7) is 2.21. The number of likely N-dealkylation sites (tertiary alicyclic amines) is 1. The molecule has 0 aromatic heterocycles. The predicted molar refractivity (Wildman–Crippen MR) is 94.6 cm³/mol. The van der Waals surface area contributed by atoms with Crippen LogP contribution >= 0.6 is 0 Å². The zero-order valence-corrected chi connectivity index (χ0v) is 14.9. The number of ether oxygens (including phenoxy) is 2. The minimum atomic E-state index is -0.219. The van der Waals surface area contributed by atoms with E-state index in [2.05, 4.69) is 5.32 Å². The molecule has 2 atom stereocenters. The van der Waals surface area contributed by atoms with Crippen molar-refractivity contribution >= 4 is 11.8 Å². The summed E-state index contributed by atoms with van der Waals surface area (Å²) in [4.78, 5) is 25.6. The summed E-state index contributed by atoms with van der Waals surface area (Å²) in [5.74, 6) is 0.742. The van der Waals surface area contributed by atoms with Crippen LogP contribution in [0, 0.1) is 0 Å². The number of aliphatic hydroxyl groups excluding tert-OH is 1. The van der Waals surface area contributed by atoms with Crippen molar-refractivity contribution in [3.05, 3.63) is 29.8 Å². The van der Waals surface area contributed by atoms with Gasteiger partial charge < -0.3 is 24.8 Å². The number of hydrogen-bond acceptors (Lipinski definition) is 5. The average molecular weight is 362 g/mol. The lowest BCUT2D eigenvalue weighted by atomic mass is 10.1. The molecule has 2 saturated heterocycles. The second-order valence-corrected chi connectivity index (χ2v) is 6.73. The van der Waals surface area contributed by atoms with Crippen LogP contribution in [0.5, 0.6) is 5.75 Å². The molecular formula is C19H26N2O5. The van der Waals surface area contributed by atoms with E-state index in [1.807, 2.05) is 24.3 Å². The Hall–Kier alpha value is -2.12. The van der Waals surface area contributed by atoms with E-state index < -0.39 is 0 Å². The largest absolute Gasteiger partial charge is 0.488 e. The maximum atomic E-state index is 12.3. The van der Waals surface area contributed by atoms with Crippen LogP contribution in [0.2, 0.25) is 0 Å². The van der Waals surface area contributed by atoms with Crippen molar-refractivity contribution in [3.8, 4) is 5.75 Å². The van der Waals surface area contributed by atoms with E-state index in [-0.39, 0.29) is 30.6 Å². The molecule has 0 aliphatic carbocycles. The third-order valence-electron chi connectivity index (χ3n) is 4.81. The van der Waals surface area contributed by atoms with Gasteiger partial charge in [0.1, 0.15) is 11.9 Å². The SMILES string of the molecule is O=C(CCN1CCCC1=O)N[C@@H]1COCC[C@H]1Oc1ccc(CO)cc1. The fourth-order valence-corrected chi connectivity index (χ4v) is 3.30. The van der Waals surface area contributed by atoms with E-state index >= 15 is 0 Å². The summed E-state index contributed by atoms with van der Waals surface area (Å²) < 4.78 is 11.5. The Morgan fingerprint density at radius 1 is 1.35 bits per heavy atom. The zero-order valence-electron chi connectivity index (χ0n) is 14.9. The number of hydrogen-bond donors (Lipinski definition) is 2. The van der Waals surface area contributed by atoms with Crippen molar-refractivity contribution in [2.45, 2.75) is 44.4 Å². The van der Waals surface area contributed by atoms with Crippen LogP contribution in [0.25, 0.3) is 0 Å². The molecule has 2 N–H and O–H groups in total. The highest BCUT2D eigenvalue weighted by Crippen LogP contribution is 2.19. The van der Waals surface area contributed by atoms with E-state index in [0.717, 1.165) is 18.5 Å². The average Bonchev–Trinajstić information content (AvgIpc) is 3.07. The first-order valence-corrected chi connectivity index (χ1v) is 9.17. The van der Waals surface area contributed by atoms with Crippen molar-refractivity contribution in [2.24, 2.45) is 0 Å². The Labute approximate surface area is 153 Å². The van der Waals surface area contributed by atoms with Crippen molar-refractivity contribution in [2.75, 3.05) is 26.3 Å². The van der Waals surface area contributed by atoms with Crippen molar-refractivity contribution in [1.82, 2.24) is 10.2 Å². The first-order valence-electron chi connectivity index (χ1n) is 9.17. The quantitative estimate of drug-likeness (QED) is 0.751. The number of nitrogens with one attached hydrogen (secondary N) is 1. The van der Waals surface area contributed by atoms with Gasteiger partial charge in [-0.2, -0.15) is 0 Å². The number of nitrogens with zero attached hydrogens (tertiary/aromatic N) is 1. The monoisotopic (exact) mass is 362 g/mol. The smallest absolute Gasteiger partial charge is 0.222 e. The number of amides is 2. The summed E-state index contributed by atoms with van der Waals surface area (Å²) >= 11 is 0. The maximum absolute atomic E-state index is 12.3. The molecule has 2 heterocycles. The molecule has 3 rings (SSSR count). The Balaban J connectivity index is 1.50. The molecular weight excluding hydrogens is 336 g/mol. The van der Waals surface area contributed by atoms with Crippen LogP contribution in [0.4, 0.5) is 0 Å². The lowest BCUT2D eigenvalue weighted by Crippen LogP contribution is -2.52. The van der Waals surface area contributed by atoms with Crippen LogP contribution in [0.1, 0.15) is 31.2 Å². The standard InChI is InChI=1S/C19H26N2O5/c22-12-14-3-5-15(6-4-14)26-17-8-11-25-13-16(17)20-18(23)7-10-21-9-1-2-19(21)24/h3-6,16-17,22H,1-2,7-13H2,(H,20,23)/t16-,17-/m1/s1. The van der Waals surface area contributed by atoms with E-state index in [4.69, 9.17) is 14.6 Å². The molecule has 0 spiro atoms. The molecule has 7 heteroatoms. The van der Waals surface area contributed by atoms with Crippen LogP contribution in [0.15, 0.2) is 24.3 Å². The topological polar surface area (TPSA) is 88.1 Å². The Bertz CT molecular complexity index is 619. The molecule has 2 amide bonds. The molecule has 0 bridgehead atoms. The van der Waals surface area contributed by atoms with Gasteiger partial charge in [-0.15, -0.1) is 0 Å². The third kappa shape index (κ3) is 4.95. The van der Waals surface area contributed by atoms with Crippen molar-refractivity contribution < 1.29 is 24.2 Å². The van der Waals surface area contributed by atoms with Crippen LogP contribution < -0.4 is 10.1 Å². The first-order chi connectivity index (χ1) is 12.7. The minimum Gasteiger partial charge on any atom is -0.488 e. The molecule has 1 aromatic carbocycles. The normalized spacial score (nSPS) is 23.1. The van der Waals surface area contributed by atoms with Gasteiger partial charge in [0.2, 0.25) is 11.8 Å². The maximum Gasteiger partial charge on any atom is 0.222 e. The van der Waals surface area contributed by atoms with Gasteiger partial charge in [0.05, 0.1) is 25.9 Å². The molecule has 7 nitrogen and oxygen atoms in total. The number of benzene rings is 1. The van der Waals surface area contributed by atoms with E-state index in [1.165, 1.54) is 0 Å². The van der Waals surface area contributed by atoms with Crippen molar-refractivity contribution in [3.63, 3.8) is 0 Å². The molecule has 0 unspecified atom stereocenters. The van der Waals surface area contributed by atoms with Gasteiger partial charge in [-0.25, -0.2) is 0 Å². The Kier molecular flexibility index (Phi) is 6.46. The van der Waals surface area contributed by atoms with Crippen LogP contribution in [-0.4, -0.2) is 60.3 Å². The van der Waals surface area contributed by atoms with E-state index in [1.54, 1.807) is 4.90 Å². The highest BCUT2D eigenvalue weighted by Gasteiger charge is 2.29. The minimum absolute atomic E-state index is 0.00421. The predicted octanol–water partition coefficient (Wildman–Crippen LogP) is 0.844. The molecule has 2 fully saturated rings. The molecule has 2 aliphatic rings. The lowest BCUT2D eigenvalue weighted by Gasteiger charge is -2.32. The van der Waals surface area contributed by atoms with Crippen molar-refractivity contribution in [1.29, 1.82) is 0 Å². The summed E-state index contributed by atoms with van der Waals surface area (Å²) in [5, 5.41) is 12.1. The van der Waals surface area contributed by atoms with Gasteiger partial charge in [0, 0.05) is 32.4 Å². The van der Waals surface area contributed by atoms with E-state index in [9.17, 15) is 9.59 Å². The molecule has 26 heavy (non-hydrogen) atoms. The highest BCUT2D eigenvalue weighted by molar-refractivity contribution is 5.80. The molecule has 0 saturated carbocycles. The third-order valence-corrected chi connectivity index (χ3v) is 4.81. The summed E-state index contributed by atoms with van der Waals surface area (Å²) in [7, 11) is 0. The summed E-state index contributed by atoms with van der Waals surface area (Å²) in [6, 6.07) is 7.05. The zero-order chi connectivity index (χ0) is 18.4. The van der Waals surface area contributed by atoms with Gasteiger partial charge in [-0.05, 0) is 24.1 Å². The first kappa shape index (κ1) is 18.7. The summed E-state index contributed by atoms with van der Waals surface area (Å²) in [6.07, 6.45) is 2.28. The molecule has 1 aromatic rings. The second kappa shape index (κ2) is 9.00. The van der Waals surface area contributed by atoms with Gasteiger partial charge in [-0.1, -0.05) is 12.1 Å². The fraction of sp³-hybridized carbons (Fsp3) is 0.579. The van der Waals surface area contributed by atoms with Gasteiger partial charge in [0.15, 0.2) is 0 Å². The van der Waals surface area contributed by atoms with Gasteiger partial charge in [0.25, 0.3) is 0 Å². The molecule has 2 aliphatic heterocycles. The number of carbonyl (C=O) groups excluding carboxylic acids is 2. The van der Waals surface area contributed by atoms with Gasteiger partial charge in [-0.3, -0.25) is 9.59 Å². The van der Waals surface area contributed by atoms with E-state index in [0.29, 0.717) is 44.8 Å². The summed E-state index contributed by atoms with van der Waals surface area (Å²) in [5.41, 5.74) is 0.825. The second-order valence-electron chi connectivity index (χ2n) is 6.73. The number of rotatable bonds is 7. The van der Waals surface area contributed by atoms with Crippen LogP contribution in [0.3, 0.4) is 0 Å². The molecule has 0 radical (unpaired) electrons. The lowest BCUT2D eigenvalue weighted by molar-refractivity contribution is -0.129.